The predicted octanol–water partition coefficient (Wildman–Crippen LogP) is 2.91. The summed E-state index contributed by atoms with van der Waals surface area (Å²) in [7, 11) is 0. The third kappa shape index (κ3) is 3.16. The average Bonchev–Trinajstić information content (AvgIpc) is 2.95. The molecule has 1 fully saturated rings. The number of aryl methyl sites for hydroxylation is 2. The molecule has 1 aromatic heterocycles. The van der Waals surface area contributed by atoms with Gasteiger partial charge in [-0.3, -0.25) is 0 Å². The summed E-state index contributed by atoms with van der Waals surface area (Å²) in [6.07, 6.45) is 7.01. The van der Waals surface area contributed by atoms with Gasteiger partial charge >= 0.3 is 0 Å². The van der Waals surface area contributed by atoms with Crippen molar-refractivity contribution in [1.29, 1.82) is 0 Å². The number of benzene rings is 1. The van der Waals surface area contributed by atoms with Crippen molar-refractivity contribution in [2.24, 2.45) is 0 Å². The van der Waals surface area contributed by atoms with Crippen molar-refractivity contribution in [3.05, 3.63) is 53.9 Å². The molecule has 2 aromatic rings. The normalized spacial score (nSPS) is 17.8. The van der Waals surface area contributed by atoms with E-state index in [-0.39, 0.29) is 11.2 Å². The number of aromatic nitrogens is 2. The highest BCUT2D eigenvalue weighted by Gasteiger charge is 2.31. The van der Waals surface area contributed by atoms with Crippen LogP contribution < -0.4 is 5.32 Å². The Balaban J connectivity index is 1.73. The van der Waals surface area contributed by atoms with E-state index in [2.05, 4.69) is 21.8 Å². The number of nitrogens with zero attached hydrogens (tertiary/aromatic N) is 2. The van der Waals surface area contributed by atoms with Gasteiger partial charge in [0.25, 0.3) is 0 Å². The molecule has 0 atom stereocenters. The second-order valence-electron chi connectivity index (χ2n) is 6.16. The van der Waals surface area contributed by atoms with E-state index in [9.17, 15) is 4.39 Å². The third-order valence-corrected chi connectivity index (χ3v) is 4.57. The van der Waals surface area contributed by atoms with Gasteiger partial charge in [-0.1, -0.05) is 19.1 Å². The number of hydrogen-bond donors (Lipinski definition) is 1. The standard InChI is InChI=1S/C17H22FN3/c1-17(6-8-19-9-7-17)16-12-20-13-21(16)10-5-14-3-2-4-15(18)11-14/h2-4,11-13,19H,5-10H2,1H3. The van der Waals surface area contributed by atoms with Crippen molar-refractivity contribution >= 4 is 0 Å². The molecule has 1 aliphatic heterocycles. The molecule has 1 saturated heterocycles. The third-order valence-electron chi connectivity index (χ3n) is 4.57. The van der Waals surface area contributed by atoms with Gasteiger partial charge in [0.05, 0.1) is 6.33 Å². The Labute approximate surface area is 125 Å². The first kappa shape index (κ1) is 14.3. The van der Waals surface area contributed by atoms with Crippen LogP contribution in [0.15, 0.2) is 36.8 Å². The summed E-state index contributed by atoms with van der Waals surface area (Å²) in [4.78, 5) is 4.34. The molecule has 4 heteroatoms. The van der Waals surface area contributed by atoms with E-state index in [1.165, 1.54) is 11.8 Å². The van der Waals surface area contributed by atoms with Crippen molar-refractivity contribution in [3.8, 4) is 0 Å². The van der Waals surface area contributed by atoms with Crippen molar-refractivity contribution in [2.75, 3.05) is 13.1 Å². The Morgan fingerprint density at radius 1 is 1.33 bits per heavy atom. The number of rotatable bonds is 4. The monoisotopic (exact) mass is 287 g/mol. The maximum absolute atomic E-state index is 13.2. The zero-order valence-corrected chi connectivity index (χ0v) is 12.5. The van der Waals surface area contributed by atoms with Gasteiger partial charge < -0.3 is 9.88 Å². The Morgan fingerprint density at radius 2 is 2.14 bits per heavy atom. The summed E-state index contributed by atoms with van der Waals surface area (Å²) >= 11 is 0. The molecule has 1 N–H and O–H groups in total. The van der Waals surface area contributed by atoms with E-state index in [1.807, 2.05) is 18.6 Å². The van der Waals surface area contributed by atoms with Crippen LogP contribution in [0.1, 0.15) is 31.0 Å². The van der Waals surface area contributed by atoms with Crippen LogP contribution in [-0.4, -0.2) is 22.6 Å². The van der Waals surface area contributed by atoms with Crippen LogP contribution in [0.2, 0.25) is 0 Å². The van der Waals surface area contributed by atoms with Crippen LogP contribution in [0, 0.1) is 5.82 Å². The second-order valence-corrected chi connectivity index (χ2v) is 6.16. The maximum Gasteiger partial charge on any atom is 0.123 e. The van der Waals surface area contributed by atoms with Crippen LogP contribution >= 0.6 is 0 Å². The second kappa shape index (κ2) is 5.98. The Bertz CT molecular complexity index is 600. The Hall–Kier alpha value is -1.68. The molecule has 1 aliphatic rings. The first-order valence-electron chi connectivity index (χ1n) is 7.63. The molecule has 0 saturated carbocycles. The SMILES string of the molecule is CC1(c2cncn2CCc2cccc(F)c2)CCNCC1. The highest BCUT2D eigenvalue weighted by Crippen LogP contribution is 2.32. The van der Waals surface area contributed by atoms with E-state index in [0.717, 1.165) is 44.5 Å². The summed E-state index contributed by atoms with van der Waals surface area (Å²) in [5, 5.41) is 3.41. The number of piperidine rings is 1. The molecule has 2 heterocycles. The minimum atomic E-state index is -0.163. The van der Waals surface area contributed by atoms with E-state index in [0.29, 0.717) is 0 Å². The zero-order chi connectivity index (χ0) is 14.7. The molecule has 0 spiro atoms. The van der Waals surface area contributed by atoms with E-state index in [1.54, 1.807) is 12.1 Å². The van der Waals surface area contributed by atoms with Gasteiger partial charge in [0.2, 0.25) is 0 Å². The molecule has 1 aromatic carbocycles. The van der Waals surface area contributed by atoms with Gasteiger partial charge in [0, 0.05) is 23.9 Å². The highest BCUT2D eigenvalue weighted by atomic mass is 19.1. The molecular formula is C17H22FN3. The molecule has 0 bridgehead atoms. The maximum atomic E-state index is 13.2. The predicted molar refractivity (Wildman–Crippen MR) is 81.8 cm³/mol. The topological polar surface area (TPSA) is 29.9 Å². The van der Waals surface area contributed by atoms with E-state index >= 15 is 0 Å². The zero-order valence-electron chi connectivity index (χ0n) is 12.5. The average molecular weight is 287 g/mol. The minimum absolute atomic E-state index is 0.163. The molecule has 3 rings (SSSR count). The molecule has 112 valence electrons. The summed E-state index contributed by atoms with van der Waals surface area (Å²) < 4.78 is 15.5. The smallest absolute Gasteiger partial charge is 0.123 e. The van der Waals surface area contributed by atoms with Crippen LogP contribution in [0.4, 0.5) is 4.39 Å². The summed E-state index contributed by atoms with van der Waals surface area (Å²) in [5.41, 5.74) is 2.54. The van der Waals surface area contributed by atoms with Crippen LogP contribution in [-0.2, 0) is 18.4 Å². The largest absolute Gasteiger partial charge is 0.334 e. The van der Waals surface area contributed by atoms with Crippen molar-refractivity contribution in [2.45, 2.75) is 38.1 Å². The quantitative estimate of drug-likeness (QED) is 0.937. The first-order chi connectivity index (χ1) is 10.2. The van der Waals surface area contributed by atoms with Gasteiger partial charge in [-0.15, -0.1) is 0 Å². The van der Waals surface area contributed by atoms with E-state index < -0.39 is 0 Å². The molecular weight excluding hydrogens is 265 g/mol. The summed E-state index contributed by atoms with van der Waals surface area (Å²) in [6.45, 7) is 5.29. The van der Waals surface area contributed by atoms with Gasteiger partial charge in [-0.25, -0.2) is 9.37 Å². The lowest BCUT2D eigenvalue weighted by molar-refractivity contribution is 0.316. The lowest BCUT2D eigenvalue weighted by atomic mass is 9.78. The fourth-order valence-electron chi connectivity index (χ4n) is 3.18. The van der Waals surface area contributed by atoms with Gasteiger partial charge in [-0.2, -0.15) is 0 Å². The molecule has 3 nitrogen and oxygen atoms in total. The molecule has 0 aliphatic carbocycles. The van der Waals surface area contributed by atoms with Crippen molar-refractivity contribution in [3.63, 3.8) is 0 Å². The van der Waals surface area contributed by atoms with Crippen molar-refractivity contribution < 1.29 is 4.39 Å². The molecule has 0 radical (unpaired) electrons. The Morgan fingerprint density at radius 3 is 2.90 bits per heavy atom. The highest BCUT2D eigenvalue weighted by molar-refractivity contribution is 5.18. The number of imidazole rings is 1. The van der Waals surface area contributed by atoms with Gasteiger partial charge in [0.15, 0.2) is 0 Å². The fourth-order valence-corrected chi connectivity index (χ4v) is 3.18. The van der Waals surface area contributed by atoms with Crippen molar-refractivity contribution in [1.82, 2.24) is 14.9 Å². The fraction of sp³-hybridized carbons (Fsp3) is 0.471. The Kier molecular flexibility index (Phi) is 4.06. The number of nitrogens with one attached hydrogen (secondary N) is 1. The lowest BCUT2D eigenvalue weighted by Crippen LogP contribution is -2.39. The molecule has 0 amide bonds. The van der Waals surface area contributed by atoms with Gasteiger partial charge in [-0.05, 0) is 50.0 Å². The summed E-state index contributed by atoms with van der Waals surface area (Å²) in [5.74, 6) is -0.163. The van der Waals surface area contributed by atoms with Crippen LogP contribution in [0.3, 0.4) is 0 Å². The van der Waals surface area contributed by atoms with Gasteiger partial charge in [0.1, 0.15) is 5.82 Å². The molecule has 21 heavy (non-hydrogen) atoms. The minimum Gasteiger partial charge on any atom is -0.334 e. The van der Waals surface area contributed by atoms with E-state index in [4.69, 9.17) is 0 Å². The molecule has 0 unspecified atom stereocenters. The first-order valence-corrected chi connectivity index (χ1v) is 7.63. The summed E-state index contributed by atoms with van der Waals surface area (Å²) in [6, 6.07) is 6.85. The van der Waals surface area contributed by atoms with Crippen LogP contribution in [0.25, 0.3) is 0 Å². The lowest BCUT2D eigenvalue weighted by Gasteiger charge is -2.34. The van der Waals surface area contributed by atoms with Crippen LogP contribution in [0.5, 0.6) is 0 Å². The number of halogens is 1. The number of hydrogen-bond acceptors (Lipinski definition) is 2.